The predicted molar refractivity (Wildman–Crippen MR) is 93.5 cm³/mol. The van der Waals surface area contributed by atoms with Crippen LogP contribution in [0.3, 0.4) is 0 Å². The minimum absolute atomic E-state index is 0.0647. The highest BCUT2D eigenvalue weighted by Crippen LogP contribution is 2.27. The number of halogens is 3. The lowest BCUT2D eigenvalue weighted by Gasteiger charge is -2.29. The summed E-state index contributed by atoms with van der Waals surface area (Å²) in [5.41, 5.74) is 0.855. The molecule has 0 bridgehead atoms. The number of nitrogens with zero attached hydrogens (tertiary/aromatic N) is 2. The first-order chi connectivity index (χ1) is 12.6. The molecule has 9 heteroatoms. The first-order valence-corrected chi connectivity index (χ1v) is 9.92. The number of alkyl halides is 3. The van der Waals surface area contributed by atoms with Crippen LogP contribution in [-0.2, 0) is 10.0 Å². The first-order valence-electron chi connectivity index (χ1n) is 8.48. The number of aromatic nitrogens is 1. The Hall–Kier alpha value is -2.13. The summed E-state index contributed by atoms with van der Waals surface area (Å²) in [6.45, 7) is 3.01. The van der Waals surface area contributed by atoms with E-state index in [-0.39, 0.29) is 10.8 Å². The van der Waals surface area contributed by atoms with Crippen LogP contribution in [0.15, 0.2) is 47.5 Å². The number of hydrogen-bond donors (Lipinski definition) is 0. The predicted octanol–water partition coefficient (Wildman–Crippen LogP) is 4.07. The fourth-order valence-corrected chi connectivity index (χ4v) is 4.32. The third kappa shape index (κ3) is 4.78. The Morgan fingerprint density at radius 3 is 2.30 bits per heavy atom. The zero-order valence-electron chi connectivity index (χ0n) is 14.6. The third-order valence-corrected chi connectivity index (χ3v) is 6.25. The van der Waals surface area contributed by atoms with E-state index in [0.29, 0.717) is 30.3 Å². The van der Waals surface area contributed by atoms with Crippen LogP contribution < -0.4 is 4.74 Å². The summed E-state index contributed by atoms with van der Waals surface area (Å²) in [6.07, 6.45) is -3.15. The average Bonchev–Trinajstić information content (AvgIpc) is 2.61. The zero-order valence-corrected chi connectivity index (χ0v) is 15.4. The third-order valence-electron chi connectivity index (χ3n) is 4.45. The molecule has 0 aliphatic carbocycles. The van der Waals surface area contributed by atoms with Crippen molar-refractivity contribution in [3.05, 3.63) is 42.5 Å². The molecule has 0 atom stereocenters. The maximum absolute atomic E-state index is 12.8. The number of sulfonamides is 1. The van der Waals surface area contributed by atoms with Crippen molar-refractivity contribution in [1.29, 1.82) is 0 Å². The van der Waals surface area contributed by atoms with Crippen LogP contribution in [0.5, 0.6) is 5.75 Å². The van der Waals surface area contributed by atoms with Crippen molar-refractivity contribution in [2.75, 3.05) is 13.1 Å². The Morgan fingerprint density at radius 1 is 1.07 bits per heavy atom. The molecule has 0 amide bonds. The van der Waals surface area contributed by atoms with E-state index in [9.17, 15) is 21.6 Å². The number of benzene rings is 1. The minimum Gasteiger partial charge on any atom is -0.406 e. The Balaban J connectivity index is 1.83. The fourth-order valence-electron chi connectivity index (χ4n) is 2.90. The van der Waals surface area contributed by atoms with Gasteiger partial charge in [-0.15, -0.1) is 13.2 Å². The lowest BCUT2D eigenvalue weighted by molar-refractivity contribution is -0.274. The molecule has 1 aromatic carbocycles. The van der Waals surface area contributed by atoms with Crippen molar-refractivity contribution >= 4 is 10.0 Å². The Bertz CT molecular complexity index is 891. The van der Waals surface area contributed by atoms with Gasteiger partial charge in [0.2, 0.25) is 0 Å². The van der Waals surface area contributed by atoms with Crippen molar-refractivity contribution in [3.8, 4) is 17.0 Å². The van der Waals surface area contributed by atoms with Crippen LogP contribution in [0.1, 0.15) is 19.8 Å². The number of rotatable bonds is 4. The molecule has 1 aliphatic rings. The van der Waals surface area contributed by atoms with Gasteiger partial charge in [-0.3, -0.25) is 0 Å². The topological polar surface area (TPSA) is 59.5 Å². The van der Waals surface area contributed by atoms with Gasteiger partial charge in [0.15, 0.2) is 5.03 Å². The standard InChI is InChI=1S/C18H19F3N2O3S/c1-13-9-11-23(12-10-13)27(24,25)17-4-2-3-16(22-17)14-5-7-15(8-6-14)26-18(19,20)21/h2-8,13H,9-12H2,1H3. The molecule has 1 saturated heterocycles. The van der Waals surface area contributed by atoms with Gasteiger partial charge in [0.1, 0.15) is 5.75 Å². The molecule has 0 radical (unpaired) electrons. The second kappa shape index (κ2) is 7.47. The Labute approximate surface area is 155 Å². The van der Waals surface area contributed by atoms with Crippen LogP contribution in [0.4, 0.5) is 13.2 Å². The summed E-state index contributed by atoms with van der Waals surface area (Å²) < 4.78 is 67.6. The molecule has 1 aromatic heterocycles. The second-order valence-corrected chi connectivity index (χ2v) is 8.40. The number of pyridine rings is 1. The van der Waals surface area contributed by atoms with E-state index >= 15 is 0 Å². The van der Waals surface area contributed by atoms with E-state index in [2.05, 4.69) is 16.6 Å². The molecule has 0 N–H and O–H groups in total. The number of hydrogen-bond acceptors (Lipinski definition) is 4. The Morgan fingerprint density at radius 2 is 1.70 bits per heavy atom. The highest BCUT2D eigenvalue weighted by molar-refractivity contribution is 7.89. The van der Waals surface area contributed by atoms with Crippen molar-refractivity contribution in [2.24, 2.45) is 5.92 Å². The average molecular weight is 400 g/mol. The van der Waals surface area contributed by atoms with Crippen molar-refractivity contribution in [3.63, 3.8) is 0 Å². The van der Waals surface area contributed by atoms with E-state index in [1.165, 1.54) is 22.5 Å². The molecular weight excluding hydrogens is 381 g/mol. The molecule has 2 aromatic rings. The number of piperidine rings is 1. The maximum Gasteiger partial charge on any atom is 0.573 e. The van der Waals surface area contributed by atoms with Crippen LogP contribution in [0, 0.1) is 5.92 Å². The minimum atomic E-state index is -4.76. The highest BCUT2D eigenvalue weighted by Gasteiger charge is 2.31. The monoisotopic (exact) mass is 400 g/mol. The molecule has 1 fully saturated rings. The summed E-state index contributed by atoms with van der Waals surface area (Å²) >= 11 is 0. The van der Waals surface area contributed by atoms with Crippen molar-refractivity contribution in [1.82, 2.24) is 9.29 Å². The maximum atomic E-state index is 12.8. The molecule has 1 aliphatic heterocycles. The van der Waals surface area contributed by atoms with Gasteiger partial charge in [0.05, 0.1) is 5.69 Å². The molecule has 5 nitrogen and oxygen atoms in total. The highest BCUT2D eigenvalue weighted by atomic mass is 32.2. The SMILES string of the molecule is CC1CCN(S(=O)(=O)c2cccc(-c3ccc(OC(F)(F)F)cc3)n2)CC1. The molecule has 2 heterocycles. The molecule has 27 heavy (non-hydrogen) atoms. The summed E-state index contributed by atoms with van der Waals surface area (Å²) in [4.78, 5) is 4.22. The molecular formula is C18H19F3N2O3S. The van der Waals surface area contributed by atoms with Gasteiger partial charge in [-0.2, -0.15) is 4.31 Å². The molecule has 0 spiro atoms. The normalized spacial score (nSPS) is 17.0. The summed E-state index contributed by atoms with van der Waals surface area (Å²) in [5.74, 6) is 0.144. The van der Waals surface area contributed by atoms with E-state index in [4.69, 9.17) is 0 Å². The fraction of sp³-hybridized carbons (Fsp3) is 0.389. The molecule has 3 rings (SSSR count). The van der Waals surface area contributed by atoms with Crippen molar-refractivity contribution in [2.45, 2.75) is 31.2 Å². The summed E-state index contributed by atoms with van der Waals surface area (Å²) in [7, 11) is -3.70. The second-order valence-electron chi connectivity index (χ2n) is 6.52. The van der Waals surface area contributed by atoms with Gasteiger partial charge >= 0.3 is 6.36 Å². The molecule has 146 valence electrons. The molecule has 0 saturated carbocycles. The van der Waals surface area contributed by atoms with E-state index in [0.717, 1.165) is 25.0 Å². The van der Waals surface area contributed by atoms with Gasteiger partial charge < -0.3 is 4.74 Å². The van der Waals surface area contributed by atoms with Crippen LogP contribution in [0.2, 0.25) is 0 Å². The smallest absolute Gasteiger partial charge is 0.406 e. The van der Waals surface area contributed by atoms with Crippen LogP contribution >= 0.6 is 0 Å². The van der Waals surface area contributed by atoms with E-state index in [1.807, 2.05) is 0 Å². The van der Waals surface area contributed by atoms with Gasteiger partial charge in [-0.05, 0) is 55.2 Å². The van der Waals surface area contributed by atoms with Gasteiger partial charge in [-0.25, -0.2) is 13.4 Å². The van der Waals surface area contributed by atoms with Gasteiger partial charge in [0, 0.05) is 18.7 Å². The van der Waals surface area contributed by atoms with Crippen molar-refractivity contribution < 1.29 is 26.3 Å². The van der Waals surface area contributed by atoms with Crippen LogP contribution in [0.25, 0.3) is 11.3 Å². The summed E-state index contributed by atoms with van der Waals surface area (Å²) in [6, 6.07) is 9.75. The Kier molecular flexibility index (Phi) is 5.43. The quantitative estimate of drug-likeness (QED) is 0.776. The lowest BCUT2D eigenvalue weighted by atomic mass is 10.0. The van der Waals surface area contributed by atoms with Crippen LogP contribution in [-0.4, -0.2) is 37.2 Å². The first kappa shape index (κ1) is 19.6. The zero-order chi connectivity index (χ0) is 19.7. The summed E-state index contributed by atoms with van der Waals surface area (Å²) in [5, 5.41) is -0.0647. The number of ether oxygens (including phenoxy) is 1. The lowest BCUT2D eigenvalue weighted by Crippen LogP contribution is -2.38. The van der Waals surface area contributed by atoms with Gasteiger partial charge in [0.25, 0.3) is 10.0 Å². The van der Waals surface area contributed by atoms with E-state index in [1.54, 1.807) is 12.1 Å². The van der Waals surface area contributed by atoms with E-state index < -0.39 is 16.4 Å². The molecule has 0 unspecified atom stereocenters. The largest absolute Gasteiger partial charge is 0.573 e. The van der Waals surface area contributed by atoms with Gasteiger partial charge in [-0.1, -0.05) is 13.0 Å².